The van der Waals surface area contributed by atoms with Crippen molar-refractivity contribution >= 4 is 17.5 Å². The average Bonchev–Trinajstić information content (AvgIpc) is 2.06. The van der Waals surface area contributed by atoms with E-state index in [4.69, 9.17) is 17.4 Å². The summed E-state index contributed by atoms with van der Waals surface area (Å²) < 4.78 is 0. The van der Waals surface area contributed by atoms with Gasteiger partial charge in [-0.05, 0) is 18.6 Å². The van der Waals surface area contributed by atoms with Crippen LogP contribution < -0.4 is 11.3 Å². The van der Waals surface area contributed by atoms with Crippen LogP contribution in [-0.2, 0) is 4.79 Å². The molecule has 64 valence electrons. The molecule has 12 heavy (non-hydrogen) atoms. The van der Waals surface area contributed by atoms with E-state index in [0.29, 0.717) is 11.3 Å². The third-order valence-electron chi connectivity index (χ3n) is 1.78. The Bertz CT molecular complexity index is 300. The van der Waals surface area contributed by atoms with E-state index in [0.717, 1.165) is 5.57 Å². The lowest BCUT2D eigenvalue weighted by Gasteiger charge is -2.16. The molecule has 0 saturated carbocycles. The Kier molecular flexibility index (Phi) is 2.71. The highest BCUT2D eigenvalue weighted by Crippen LogP contribution is 2.24. The molecule has 3 nitrogen and oxygen atoms in total. The van der Waals surface area contributed by atoms with Crippen LogP contribution in [0.2, 0.25) is 0 Å². The lowest BCUT2D eigenvalue weighted by atomic mass is 9.98. The van der Waals surface area contributed by atoms with Gasteiger partial charge >= 0.3 is 0 Å². The normalized spacial score (nSPS) is 22.6. The van der Waals surface area contributed by atoms with Crippen molar-refractivity contribution in [1.82, 2.24) is 5.43 Å². The molecule has 3 N–H and O–H groups in total. The van der Waals surface area contributed by atoms with Gasteiger partial charge in [0.15, 0.2) is 0 Å². The molecule has 1 rings (SSSR count). The third-order valence-corrected chi connectivity index (χ3v) is 2.14. The fourth-order valence-electron chi connectivity index (χ4n) is 1.04. The summed E-state index contributed by atoms with van der Waals surface area (Å²) in [6.07, 6.45) is 3.43. The maximum absolute atomic E-state index is 10.5. The smallest absolute Gasteiger partial charge is 0.130 e. The Labute approximate surface area is 75.5 Å². The van der Waals surface area contributed by atoms with Gasteiger partial charge in [0.05, 0.1) is 16.6 Å². The standard InChI is InChI=1S/C8H9ClN2O/c1-5-6(4-12)7(9)2-3-8(5)11-10/h2-3,7,11H,10H2,1H3. The number of nitrogens with one attached hydrogen (secondary N) is 1. The fraction of sp³-hybridized carbons (Fsp3) is 0.250. The van der Waals surface area contributed by atoms with E-state index in [9.17, 15) is 4.79 Å². The van der Waals surface area contributed by atoms with Gasteiger partial charge in [0.25, 0.3) is 0 Å². The molecule has 0 aliphatic heterocycles. The first-order valence-corrected chi connectivity index (χ1v) is 3.89. The lowest BCUT2D eigenvalue weighted by Crippen LogP contribution is -2.24. The predicted molar refractivity (Wildman–Crippen MR) is 48.0 cm³/mol. The number of hydrazine groups is 1. The molecule has 0 amide bonds. The Morgan fingerprint density at radius 1 is 1.75 bits per heavy atom. The molecular weight excluding hydrogens is 176 g/mol. The average molecular weight is 185 g/mol. The number of nitrogens with two attached hydrogens (primary N) is 1. The topological polar surface area (TPSA) is 55.1 Å². The molecule has 4 heteroatoms. The van der Waals surface area contributed by atoms with E-state index in [-0.39, 0.29) is 5.38 Å². The van der Waals surface area contributed by atoms with Gasteiger partial charge < -0.3 is 5.43 Å². The molecule has 0 aromatic heterocycles. The number of hydrogen-bond donors (Lipinski definition) is 2. The SMILES string of the molecule is CC1=C(NN)C=CC(Cl)C1=C=O. The molecule has 1 aliphatic carbocycles. The predicted octanol–water partition coefficient (Wildman–Crippen LogP) is 0.659. The summed E-state index contributed by atoms with van der Waals surface area (Å²) >= 11 is 5.81. The summed E-state index contributed by atoms with van der Waals surface area (Å²) in [6.45, 7) is 1.77. The van der Waals surface area contributed by atoms with E-state index in [1.807, 2.05) is 0 Å². The third kappa shape index (κ3) is 1.43. The Morgan fingerprint density at radius 3 is 2.92 bits per heavy atom. The highest BCUT2D eigenvalue weighted by Gasteiger charge is 2.17. The summed E-state index contributed by atoms with van der Waals surface area (Å²) in [4.78, 5) is 10.5. The van der Waals surface area contributed by atoms with Crippen molar-refractivity contribution in [3.63, 3.8) is 0 Å². The van der Waals surface area contributed by atoms with Crippen LogP contribution in [-0.4, -0.2) is 11.3 Å². The van der Waals surface area contributed by atoms with Crippen LogP contribution in [0.1, 0.15) is 6.92 Å². The number of halogens is 1. The molecule has 0 saturated heterocycles. The monoisotopic (exact) mass is 184 g/mol. The summed E-state index contributed by atoms with van der Waals surface area (Å²) in [5.41, 5.74) is 4.35. The second-order valence-electron chi connectivity index (χ2n) is 2.46. The number of allylic oxidation sites excluding steroid dienone is 4. The number of rotatable bonds is 1. The largest absolute Gasteiger partial charge is 0.324 e. The van der Waals surface area contributed by atoms with Crippen LogP contribution in [0.4, 0.5) is 0 Å². The molecule has 1 unspecified atom stereocenters. The molecule has 0 bridgehead atoms. The molecule has 0 heterocycles. The van der Waals surface area contributed by atoms with Gasteiger partial charge in [0.1, 0.15) is 5.94 Å². The molecule has 1 aliphatic rings. The molecular formula is C8H9ClN2O. The fourth-order valence-corrected chi connectivity index (χ4v) is 1.32. The Morgan fingerprint density at radius 2 is 2.42 bits per heavy atom. The highest BCUT2D eigenvalue weighted by molar-refractivity contribution is 6.25. The zero-order valence-corrected chi connectivity index (χ0v) is 7.35. The van der Waals surface area contributed by atoms with E-state index >= 15 is 0 Å². The van der Waals surface area contributed by atoms with Crippen LogP contribution in [0.5, 0.6) is 0 Å². The van der Waals surface area contributed by atoms with Crippen LogP contribution in [0.25, 0.3) is 0 Å². The first-order chi connectivity index (χ1) is 5.70. The van der Waals surface area contributed by atoms with Crippen molar-refractivity contribution < 1.29 is 4.79 Å². The van der Waals surface area contributed by atoms with Crippen molar-refractivity contribution in [1.29, 1.82) is 0 Å². The molecule has 0 aromatic rings. The van der Waals surface area contributed by atoms with Gasteiger partial charge in [-0.2, -0.15) is 0 Å². The van der Waals surface area contributed by atoms with E-state index < -0.39 is 0 Å². The maximum Gasteiger partial charge on any atom is 0.130 e. The van der Waals surface area contributed by atoms with Crippen molar-refractivity contribution in [3.05, 3.63) is 29.0 Å². The number of carbonyl (C=O) groups excluding carboxylic acids is 1. The number of hydrogen-bond acceptors (Lipinski definition) is 3. The molecule has 0 spiro atoms. The second-order valence-corrected chi connectivity index (χ2v) is 2.93. The zero-order valence-electron chi connectivity index (χ0n) is 6.60. The number of alkyl halides is 1. The molecule has 1 atom stereocenters. The van der Waals surface area contributed by atoms with Crippen LogP contribution in [0, 0.1) is 0 Å². The van der Waals surface area contributed by atoms with Crippen LogP contribution >= 0.6 is 11.6 Å². The second kappa shape index (κ2) is 3.59. The summed E-state index contributed by atoms with van der Waals surface area (Å²) in [5.74, 6) is 7.01. The van der Waals surface area contributed by atoms with Crippen molar-refractivity contribution in [2.75, 3.05) is 0 Å². The molecule has 0 radical (unpaired) electrons. The minimum Gasteiger partial charge on any atom is -0.324 e. The van der Waals surface area contributed by atoms with Crippen LogP contribution in [0.15, 0.2) is 29.0 Å². The van der Waals surface area contributed by atoms with Crippen molar-refractivity contribution in [3.8, 4) is 0 Å². The summed E-state index contributed by atoms with van der Waals surface area (Å²) in [5, 5.41) is -0.389. The van der Waals surface area contributed by atoms with Crippen molar-refractivity contribution in [2.24, 2.45) is 5.84 Å². The maximum atomic E-state index is 10.5. The summed E-state index contributed by atoms with van der Waals surface area (Å²) in [7, 11) is 0. The summed E-state index contributed by atoms with van der Waals surface area (Å²) in [6, 6.07) is 0. The van der Waals surface area contributed by atoms with Gasteiger partial charge in [0.2, 0.25) is 0 Å². The molecule has 0 aromatic carbocycles. The lowest BCUT2D eigenvalue weighted by molar-refractivity contribution is 0.567. The van der Waals surface area contributed by atoms with Crippen molar-refractivity contribution in [2.45, 2.75) is 12.3 Å². The van der Waals surface area contributed by atoms with Gasteiger partial charge in [-0.1, -0.05) is 6.08 Å². The van der Waals surface area contributed by atoms with Gasteiger partial charge in [-0.15, -0.1) is 11.6 Å². The Balaban J connectivity index is 3.14. The zero-order chi connectivity index (χ0) is 9.14. The van der Waals surface area contributed by atoms with E-state index in [1.165, 1.54) is 0 Å². The van der Waals surface area contributed by atoms with Crippen LogP contribution in [0.3, 0.4) is 0 Å². The minimum absolute atomic E-state index is 0.389. The minimum atomic E-state index is -0.389. The first-order valence-electron chi connectivity index (χ1n) is 3.46. The van der Waals surface area contributed by atoms with Gasteiger partial charge in [0, 0.05) is 0 Å². The van der Waals surface area contributed by atoms with Gasteiger partial charge in [-0.3, -0.25) is 5.84 Å². The quantitative estimate of drug-likeness (QED) is 0.273. The Hall–Kier alpha value is -1.02. The van der Waals surface area contributed by atoms with E-state index in [1.54, 1.807) is 25.0 Å². The molecule has 0 fully saturated rings. The van der Waals surface area contributed by atoms with Gasteiger partial charge in [-0.25, -0.2) is 4.79 Å². The highest BCUT2D eigenvalue weighted by atomic mass is 35.5. The van der Waals surface area contributed by atoms with E-state index in [2.05, 4.69) is 5.43 Å². The first kappa shape index (κ1) is 9.07.